The van der Waals surface area contributed by atoms with Crippen molar-refractivity contribution in [2.75, 3.05) is 19.4 Å². The molecule has 4 nitrogen and oxygen atoms in total. The molecule has 0 aromatic carbocycles. The monoisotopic (exact) mass is 232 g/mol. The lowest BCUT2D eigenvalue weighted by molar-refractivity contribution is -0.137. The Labute approximate surface area is 93.4 Å². The van der Waals surface area contributed by atoms with Crippen molar-refractivity contribution < 1.29 is 19.0 Å². The minimum atomic E-state index is -0.700. The molecule has 0 radical (unpaired) electrons. The van der Waals surface area contributed by atoms with Crippen LogP contribution in [0.3, 0.4) is 0 Å². The van der Waals surface area contributed by atoms with Crippen LogP contribution < -0.4 is 0 Å². The molecule has 0 saturated carbocycles. The summed E-state index contributed by atoms with van der Waals surface area (Å²) in [7, 11) is -0.700. The SMILES string of the molecule is C=C(C)C(=O)OC[SiH2]C(OCC)OCC. The number of hydrogen-bond donors (Lipinski definition) is 0. The molecule has 0 aromatic heterocycles. The molecular weight excluding hydrogens is 212 g/mol. The van der Waals surface area contributed by atoms with Crippen molar-refractivity contribution in [3.63, 3.8) is 0 Å². The highest BCUT2D eigenvalue weighted by molar-refractivity contribution is 6.36. The molecule has 0 amide bonds. The van der Waals surface area contributed by atoms with Crippen LogP contribution in [0.5, 0.6) is 0 Å². The van der Waals surface area contributed by atoms with Crippen LogP contribution in [0, 0.1) is 0 Å². The first-order valence-corrected chi connectivity index (χ1v) is 6.99. The van der Waals surface area contributed by atoms with Gasteiger partial charge < -0.3 is 14.2 Å². The summed E-state index contributed by atoms with van der Waals surface area (Å²) in [6.07, 6.45) is 0.427. The summed E-state index contributed by atoms with van der Waals surface area (Å²) >= 11 is 0. The maximum Gasteiger partial charge on any atom is 0.332 e. The molecule has 0 saturated heterocycles. The van der Waals surface area contributed by atoms with Crippen molar-refractivity contribution in [3.05, 3.63) is 12.2 Å². The first kappa shape index (κ1) is 14.3. The van der Waals surface area contributed by atoms with Crippen LogP contribution in [0.25, 0.3) is 0 Å². The fraction of sp³-hybridized carbons (Fsp3) is 0.700. The predicted molar refractivity (Wildman–Crippen MR) is 61.4 cm³/mol. The Bertz CT molecular complexity index is 200. The molecule has 0 aliphatic rings. The van der Waals surface area contributed by atoms with E-state index in [1.165, 1.54) is 0 Å². The van der Waals surface area contributed by atoms with E-state index in [4.69, 9.17) is 14.2 Å². The van der Waals surface area contributed by atoms with Crippen molar-refractivity contribution in [2.45, 2.75) is 26.7 Å². The molecule has 15 heavy (non-hydrogen) atoms. The van der Waals surface area contributed by atoms with Gasteiger partial charge in [0.2, 0.25) is 0 Å². The van der Waals surface area contributed by atoms with E-state index in [9.17, 15) is 4.79 Å². The van der Waals surface area contributed by atoms with E-state index in [1.807, 2.05) is 13.8 Å². The Morgan fingerprint density at radius 1 is 1.33 bits per heavy atom. The molecule has 0 N–H and O–H groups in total. The van der Waals surface area contributed by atoms with Gasteiger partial charge in [0, 0.05) is 18.8 Å². The third-order valence-electron chi connectivity index (χ3n) is 1.64. The van der Waals surface area contributed by atoms with E-state index in [2.05, 4.69) is 6.58 Å². The van der Waals surface area contributed by atoms with Crippen molar-refractivity contribution in [1.29, 1.82) is 0 Å². The molecule has 0 spiro atoms. The van der Waals surface area contributed by atoms with Crippen molar-refractivity contribution in [3.8, 4) is 0 Å². The van der Waals surface area contributed by atoms with Crippen molar-refractivity contribution >= 4 is 15.5 Å². The van der Waals surface area contributed by atoms with Crippen molar-refractivity contribution in [2.24, 2.45) is 0 Å². The zero-order valence-electron chi connectivity index (χ0n) is 9.75. The second-order valence-corrected chi connectivity index (χ2v) is 4.70. The van der Waals surface area contributed by atoms with Gasteiger partial charge >= 0.3 is 5.97 Å². The molecule has 0 fully saturated rings. The largest absolute Gasteiger partial charge is 0.467 e. The Morgan fingerprint density at radius 3 is 2.27 bits per heavy atom. The second kappa shape index (κ2) is 8.64. The van der Waals surface area contributed by atoms with Crippen LogP contribution in [0.2, 0.25) is 0 Å². The Balaban J connectivity index is 3.69. The molecule has 88 valence electrons. The quantitative estimate of drug-likeness (QED) is 0.266. The number of ether oxygens (including phenoxy) is 3. The summed E-state index contributed by atoms with van der Waals surface area (Å²) < 4.78 is 15.7. The molecule has 0 bridgehead atoms. The predicted octanol–water partition coefficient (Wildman–Crippen LogP) is 0.589. The van der Waals surface area contributed by atoms with Gasteiger partial charge in [-0.05, 0) is 20.8 Å². The normalized spacial score (nSPS) is 11.2. The van der Waals surface area contributed by atoms with Crippen LogP contribution in [0.1, 0.15) is 20.8 Å². The highest BCUT2D eigenvalue weighted by Crippen LogP contribution is 1.96. The minimum absolute atomic E-state index is 0.155. The lowest BCUT2D eigenvalue weighted by Gasteiger charge is -2.16. The number of carbonyl (C=O) groups is 1. The number of rotatable bonds is 8. The number of hydrogen-bond acceptors (Lipinski definition) is 4. The van der Waals surface area contributed by atoms with Gasteiger partial charge in [-0.15, -0.1) is 0 Å². The lowest BCUT2D eigenvalue weighted by atomic mass is 10.4. The minimum Gasteiger partial charge on any atom is -0.467 e. The van der Waals surface area contributed by atoms with Crippen LogP contribution in [0.4, 0.5) is 0 Å². The van der Waals surface area contributed by atoms with Crippen LogP contribution >= 0.6 is 0 Å². The summed E-state index contributed by atoms with van der Waals surface area (Å²) in [4.78, 5) is 11.1. The Kier molecular flexibility index (Phi) is 8.26. The highest BCUT2D eigenvalue weighted by atomic mass is 28.2. The molecule has 5 heteroatoms. The summed E-state index contributed by atoms with van der Waals surface area (Å²) in [5.41, 5.74) is 0.424. The molecule has 0 aliphatic heterocycles. The summed E-state index contributed by atoms with van der Waals surface area (Å²) in [6.45, 7) is 10.2. The molecular formula is C10H20O4Si. The van der Waals surface area contributed by atoms with Gasteiger partial charge in [0.25, 0.3) is 0 Å². The van der Waals surface area contributed by atoms with E-state index < -0.39 is 9.52 Å². The topological polar surface area (TPSA) is 44.8 Å². The number of carbonyl (C=O) groups excluding carboxylic acids is 1. The van der Waals surface area contributed by atoms with Gasteiger partial charge in [-0.25, -0.2) is 4.79 Å². The van der Waals surface area contributed by atoms with E-state index in [0.29, 0.717) is 25.0 Å². The molecule has 0 unspecified atom stereocenters. The van der Waals surface area contributed by atoms with Crippen LogP contribution in [-0.2, 0) is 19.0 Å². The highest BCUT2D eigenvalue weighted by Gasteiger charge is 2.10. The molecule has 0 atom stereocenters. The first-order chi connectivity index (χ1) is 7.11. The fourth-order valence-corrected chi connectivity index (χ4v) is 2.26. The average Bonchev–Trinajstić information content (AvgIpc) is 2.18. The summed E-state index contributed by atoms with van der Waals surface area (Å²) in [5.74, 6) is -0.493. The van der Waals surface area contributed by atoms with E-state index >= 15 is 0 Å². The first-order valence-electron chi connectivity index (χ1n) is 5.17. The zero-order valence-corrected chi connectivity index (χ0v) is 11.2. The van der Waals surface area contributed by atoms with Gasteiger partial charge in [-0.3, -0.25) is 0 Å². The van der Waals surface area contributed by atoms with E-state index in [-0.39, 0.29) is 11.9 Å². The smallest absolute Gasteiger partial charge is 0.332 e. The van der Waals surface area contributed by atoms with E-state index in [0.717, 1.165) is 0 Å². The van der Waals surface area contributed by atoms with Gasteiger partial charge in [-0.1, -0.05) is 6.58 Å². The van der Waals surface area contributed by atoms with Gasteiger partial charge in [0.1, 0.15) is 15.4 Å². The van der Waals surface area contributed by atoms with Crippen LogP contribution in [-0.4, -0.2) is 40.8 Å². The zero-order chi connectivity index (χ0) is 11.7. The number of esters is 1. The second-order valence-electron chi connectivity index (χ2n) is 3.05. The standard InChI is InChI=1S/C10H20O4Si/c1-5-12-10(13-6-2)15-7-14-9(11)8(3)4/h10H,3,5-7,15H2,1-2,4H3. The average molecular weight is 232 g/mol. The lowest BCUT2D eigenvalue weighted by Crippen LogP contribution is -2.29. The maximum absolute atomic E-state index is 11.1. The Morgan fingerprint density at radius 2 is 1.87 bits per heavy atom. The van der Waals surface area contributed by atoms with E-state index in [1.54, 1.807) is 6.92 Å². The van der Waals surface area contributed by atoms with Gasteiger partial charge in [0.15, 0.2) is 0 Å². The molecule has 0 heterocycles. The van der Waals surface area contributed by atoms with Gasteiger partial charge in [-0.2, -0.15) is 0 Å². The van der Waals surface area contributed by atoms with Gasteiger partial charge in [0.05, 0.1) is 6.23 Å². The fourth-order valence-electron chi connectivity index (χ4n) is 0.958. The van der Waals surface area contributed by atoms with Crippen molar-refractivity contribution in [1.82, 2.24) is 0 Å². The van der Waals surface area contributed by atoms with Crippen LogP contribution in [0.15, 0.2) is 12.2 Å². The third kappa shape index (κ3) is 7.30. The third-order valence-corrected chi connectivity index (χ3v) is 3.02. The maximum atomic E-state index is 11.1. The molecule has 0 aromatic rings. The Hall–Kier alpha value is -0.653. The molecule has 0 aliphatic carbocycles. The summed E-state index contributed by atoms with van der Waals surface area (Å²) in [5, 5.41) is 0. The molecule has 0 rings (SSSR count). The summed E-state index contributed by atoms with van der Waals surface area (Å²) in [6, 6.07) is 0.